The van der Waals surface area contributed by atoms with Crippen LogP contribution < -0.4 is 10.5 Å². The highest BCUT2D eigenvalue weighted by molar-refractivity contribution is 5.31. The fraction of sp³-hybridized carbons (Fsp3) is 0.250. The third-order valence-corrected chi connectivity index (χ3v) is 2.79. The highest BCUT2D eigenvalue weighted by Crippen LogP contribution is 2.15. The molecule has 0 saturated heterocycles. The van der Waals surface area contributed by atoms with Crippen LogP contribution in [0.1, 0.15) is 17.5 Å². The van der Waals surface area contributed by atoms with Crippen LogP contribution in [-0.4, -0.2) is 13.2 Å². The van der Waals surface area contributed by atoms with Crippen LogP contribution in [0.25, 0.3) is 0 Å². The Morgan fingerprint density at radius 1 is 0.833 bits per heavy atom. The van der Waals surface area contributed by atoms with Gasteiger partial charge in [-0.1, -0.05) is 42.5 Å². The molecule has 0 aliphatic rings. The Morgan fingerprint density at radius 2 is 1.50 bits per heavy atom. The molecular formula is C16H19NO. The Balaban J connectivity index is 1.91. The summed E-state index contributed by atoms with van der Waals surface area (Å²) in [5, 5.41) is 0. The van der Waals surface area contributed by atoms with Crippen LogP contribution in [0.3, 0.4) is 0 Å². The minimum atomic E-state index is 0.673. The van der Waals surface area contributed by atoms with Gasteiger partial charge in [-0.3, -0.25) is 0 Å². The smallest absolute Gasteiger partial charge is 0.119 e. The normalized spacial score (nSPS) is 10.3. The van der Waals surface area contributed by atoms with Gasteiger partial charge in [0.05, 0.1) is 6.61 Å². The second-order valence-corrected chi connectivity index (χ2v) is 4.30. The highest BCUT2D eigenvalue weighted by atomic mass is 16.5. The van der Waals surface area contributed by atoms with Gasteiger partial charge < -0.3 is 10.5 Å². The first kappa shape index (κ1) is 12.7. The lowest BCUT2D eigenvalue weighted by atomic mass is 10.1. The fourth-order valence-electron chi connectivity index (χ4n) is 1.81. The Bertz CT molecular complexity index is 450. The first-order valence-electron chi connectivity index (χ1n) is 6.34. The third-order valence-electron chi connectivity index (χ3n) is 2.79. The maximum Gasteiger partial charge on any atom is 0.119 e. The van der Waals surface area contributed by atoms with Crippen molar-refractivity contribution in [2.45, 2.75) is 12.8 Å². The van der Waals surface area contributed by atoms with E-state index in [1.165, 1.54) is 11.1 Å². The topological polar surface area (TPSA) is 35.2 Å². The van der Waals surface area contributed by atoms with Crippen molar-refractivity contribution < 1.29 is 4.74 Å². The average Bonchev–Trinajstić information content (AvgIpc) is 2.42. The number of nitrogens with two attached hydrogens (primary N) is 1. The summed E-state index contributed by atoms with van der Waals surface area (Å²) in [6.07, 6.45) is 1.86. The van der Waals surface area contributed by atoms with Gasteiger partial charge in [-0.2, -0.15) is 0 Å². The molecule has 0 amide bonds. The fourth-order valence-corrected chi connectivity index (χ4v) is 1.81. The van der Waals surface area contributed by atoms with Crippen molar-refractivity contribution in [2.75, 3.05) is 13.2 Å². The maximum atomic E-state index is 5.57. The van der Waals surface area contributed by atoms with Gasteiger partial charge in [-0.15, -0.1) is 0 Å². The van der Waals surface area contributed by atoms with E-state index in [0.29, 0.717) is 13.2 Å². The maximum absolute atomic E-state index is 5.57. The van der Waals surface area contributed by atoms with E-state index in [0.717, 1.165) is 18.6 Å². The van der Waals surface area contributed by atoms with Gasteiger partial charge in [0.2, 0.25) is 0 Å². The molecule has 2 rings (SSSR count). The summed E-state index contributed by atoms with van der Waals surface area (Å²) in [7, 11) is 0. The summed E-state index contributed by atoms with van der Waals surface area (Å²) >= 11 is 0. The van der Waals surface area contributed by atoms with Crippen LogP contribution in [0.5, 0.6) is 5.75 Å². The van der Waals surface area contributed by atoms with Crippen molar-refractivity contribution in [3.63, 3.8) is 0 Å². The number of benzene rings is 2. The van der Waals surface area contributed by atoms with E-state index in [4.69, 9.17) is 10.5 Å². The number of hydrogen-bond donors (Lipinski definition) is 1. The summed E-state index contributed by atoms with van der Waals surface area (Å²) < 4.78 is 5.57. The lowest BCUT2D eigenvalue weighted by Gasteiger charge is -2.06. The molecule has 2 nitrogen and oxygen atoms in total. The molecule has 0 aliphatic heterocycles. The summed E-state index contributed by atoms with van der Waals surface area (Å²) in [6.45, 7) is 1.36. The molecule has 0 atom stereocenters. The zero-order valence-corrected chi connectivity index (χ0v) is 10.5. The van der Waals surface area contributed by atoms with Crippen LogP contribution in [0.2, 0.25) is 0 Å². The molecule has 94 valence electrons. The van der Waals surface area contributed by atoms with E-state index in [1.807, 2.05) is 18.2 Å². The molecule has 2 aromatic carbocycles. The van der Waals surface area contributed by atoms with Crippen molar-refractivity contribution >= 4 is 0 Å². The first-order chi connectivity index (χ1) is 8.88. The van der Waals surface area contributed by atoms with Gasteiger partial charge >= 0.3 is 0 Å². The molecule has 0 aliphatic carbocycles. The van der Waals surface area contributed by atoms with Crippen molar-refractivity contribution in [3.8, 4) is 5.75 Å². The minimum absolute atomic E-state index is 0.673. The predicted octanol–water partition coefficient (Wildman–Crippen LogP) is 3.01. The Kier molecular flexibility index (Phi) is 4.79. The summed E-state index contributed by atoms with van der Waals surface area (Å²) in [6, 6.07) is 18.7. The number of hydrogen-bond acceptors (Lipinski definition) is 2. The van der Waals surface area contributed by atoms with Crippen LogP contribution in [0, 0.1) is 0 Å². The first-order valence-corrected chi connectivity index (χ1v) is 6.34. The lowest BCUT2D eigenvalue weighted by Crippen LogP contribution is -2.06. The van der Waals surface area contributed by atoms with Crippen LogP contribution in [0.15, 0.2) is 54.6 Å². The molecule has 2 N–H and O–H groups in total. The van der Waals surface area contributed by atoms with E-state index >= 15 is 0 Å². The van der Waals surface area contributed by atoms with Gasteiger partial charge in [0.15, 0.2) is 0 Å². The number of rotatable bonds is 6. The molecule has 0 spiro atoms. The Labute approximate surface area is 108 Å². The van der Waals surface area contributed by atoms with E-state index in [2.05, 4.69) is 36.4 Å². The van der Waals surface area contributed by atoms with E-state index < -0.39 is 0 Å². The van der Waals surface area contributed by atoms with Gasteiger partial charge in [-0.05, 0) is 42.6 Å². The number of ether oxygens (including phenoxy) is 1. The van der Waals surface area contributed by atoms with Gasteiger partial charge in [-0.25, -0.2) is 0 Å². The van der Waals surface area contributed by atoms with Crippen molar-refractivity contribution in [1.82, 2.24) is 0 Å². The van der Waals surface area contributed by atoms with Gasteiger partial charge in [0.25, 0.3) is 0 Å². The van der Waals surface area contributed by atoms with Crippen molar-refractivity contribution in [2.24, 2.45) is 5.73 Å². The molecule has 18 heavy (non-hydrogen) atoms. The van der Waals surface area contributed by atoms with Crippen LogP contribution >= 0.6 is 0 Å². The second kappa shape index (κ2) is 6.82. The molecule has 2 aromatic rings. The zero-order valence-electron chi connectivity index (χ0n) is 10.5. The summed E-state index contributed by atoms with van der Waals surface area (Å²) in [5.41, 5.74) is 8.05. The van der Waals surface area contributed by atoms with Crippen molar-refractivity contribution in [3.05, 3.63) is 65.7 Å². The Hall–Kier alpha value is -1.80. The molecule has 0 fully saturated rings. The predicted molar refractivity (Wildman–Crippen MR) is 74.9 cm³/mol. The largest absolute Gasteiger partial charge is 0.494 e. The standard InChI is InChI=1S/C16H19NO/c17-11-4-12-18-16-9-7-15(8-10-16)13-14-5-2-1-3-6-14/h1-3,5-10H,4,11-13,17H2. The van der Waals surface area contributed by atoms with Gasteiger partial charge in [0, 0.05) is 0 Å². The molecule has 0 saturated carbocycles. The van der Waals surface area contributed by atoms with E-state index in [9.17, 15) is 0 Å². The molecular weight excluding hydrogens is 222 g/mol. The summed E-state index contributed by atoms with van der Waals surface area (Å²) in [4.78, 5) is 0. The lowest BCUT2D eigenvalue weighted by molar-refractivity contribution is 0.313. The van der Waals surface area contributed by atoms with E-state index in [-0.39, 0.29) is 0 Å². The van der Waals surface area contributed by atoms with Crippen LogP contribution in [0.4, 0.5) is 0 Å². The van der Waals surface area contributed by atoms with Crippen LogP contribution in [-0.2, 0) is 6.42 Å². The SMILES string of the molecule is NCCCOc1ccc(Cc2ccccc2)cc1. The molecule has 0 radical (unpaired) electrons. The molecule has 0 bridgehead atoms. The average molecular weight is 241 g/mol. The summed E-state index contributed by atoms with van der Waals surface area (Å²) in [5.74, 6) is 0.917. The quantitative estimate of drug-likeness (QED) is 0.789. The molecule has 0 heterocycles. The second-order valence-electron chi connectivity index (χ2n) is 4.30. The molecule has 0 unspecified atom stereocenters. The monoisotopic (exact) mass is 241 g/mol. The van der Waals surface area contributed by atoms with Gasteiger partial charge in [0.1, 0.15) is 5.75 Å². The minimum Gasteiger partial charge on any atom is -0.494 e. The Morgan fingerprint density at radius 3 is 2.17 bits per heavy atom. The highest BCUT2D eigenvalue weighted by Gasteiger charge is 1.97. The third kappa shape index (κ3) is 3.90. The molecule has 0 aromatic heterocycles. The van der Waals surface area contributed by atoms with Crippen molar-refractivity contribution in [1.29, 1.82) is 0 Å². The molecule has 2 heteroatoms. The van der Waals surface area contributed by atoms with E-state index in [1.54, 1.807) is 0 Å². The zero-order chi connectivity index (χ0) is 12.6.